The molecule has 0 aliphatic carbocycles. The number of anilines is 2. The van der Waals surface area contributed by atoms with Gasteiger partial charge in [-0.3, -0.25) is 9.69 Å². The predicted octanol–water partition coefficient (Wildman–Crippen LogP) is 2.54. The van der Waals surface area contributed by atoms with E-state index in [-0.39, 0.29) is 31.4 Å². The van der Waals surface area contributed by atoms with Crippen molar-refractivity contribution < 1.29 is 9.90 Å². The summed E-state index contributed by atoms with van der Waals surface area (Å²) in [6.07, 6.45) is 4.01. The molecule has 0 amide bonds. The van der Waals surface area contributed by atoms with Crippen LogP contribution in [0.3, 0.4) is 0 Å². The lowest BCUT2D eigenvalue weighted by molar-refractivity contribution is -0.134. The standard InChI is InChI=1S/C19H30N4O2.2ClH/c24-19(25)15-21-17-1-3-18(4-2-17)23-13-11-22(12-14-23)10-7-16-5-8-20-9-6-16;;/h1-4,16,20-21H,5-15H2,(H,24,25);2*1H. The molecule has 2 heterocycles. The summed E-state index contributed by atoms with van der Waals surface area (Å²) in [5.74, 6) is 0.0646. The van der Waals surface area contributed by atoms with Gasteiger partial charge in [0, 0.05) is 37.6 Å². The maximum Gasteiger partial charge on any atom is 0.322 e. The first-order chi connectivity index (χ1) is 12.2. The molecular weight excluding hydrogens is 387 g/mol. The molecule has 0 bridgehead atoms. The van der Waals surface area contributed by atoms with Gasteiger partial charge in [-0.2, -0.15) is 0 Å². The molecule has 27 heavy (non-hydrogen) atoms. The Morgan fingerprint density at radius 1 is 1.07 bits per heavy atom. The third-order valence-corrected chi connectivity index (χ3v) is 5.36. The number of benzene rings is 1. The third kappa shape index (κ3) is 7.74. The minimum Gasteiger partial charge on any atom is -0.480 e. The minimum atomic E-state index is -0.843. The molecule has 1 aromatic rings. The first-order valence-corrected chi connectivity index (χ1v) is 9.44. The molecule has 2 aliphatic rings. The third-order valence-electron chi connectivity index (χ3n) is 5.36. The van der Waals surface area contributed by atoms with E-state index in [0.717, 1.165) is 37.8 Å². The number of hydrogen-bond donors (Lipinski definition) is 3. The van der Waals surface area contributed by atoms with Gasteiger partial charge in [0.05, 0.1) is 0 Å². The minimum absolute atomic E-state index is 0. The zero-order valence-corrected chi connectivity index (χ0v) is 17.4. The Bertz CT molecular complexity index is 545. The van der Waals surface area contributed by atoms with E-state index >= 15 is 0 Å². The molecule has 8 heteroatoms. The van der Waals surface area contributed by atoms with Crippen molar-refractivity contribution in [3.8, 4) is 0 Å². The average Bonchev–Trinajstić information content (AvgIpc) is 2.66. The lowest BCUT2D eigenvalue weighted by Crippen LogP contribution is -2.47. The molecule has 0 radical (unpaired) electrons. The van der Waals surface area contributed by atoms with Gasteiger partial charge in [-0.15, -0.1) is 24.8 Å². The summed E-state index contributed by atoms with van der Waals surface area (Å²) in [6, 6.07) is 8.08. The number of aliphatic carboxylic acids is 1. The van der Waals surface area contributed by atoms with Gasteiger partial charge in [-0.05, 0) is 69.1 Å². The second kappa shape index (κ2) is 12.3. The smallest absolute Gasteiger partial charge is 0.322 e. The molecule has 2 aliphatic heterocycles. The van der Waals surface area contributed by atoms with Crippen LogP contribution in [0.15, 0.2) is 24.3 Å². The SMILES string of the molecule is Cl.Cl.O=C(O)CNc1ccc(N2CCN(CCC3CCNCC3)CC2)cc1. The van der Waals surface area contributed by atoms with Gasteiger partial charge in [-0.1, -0.05) is 0 Å². The maximum absolute atomic E-state index is 10.6. The molecule has 2 saturated heterocycles. The Kier molecular flexibility index (Phi) is 10.8. The van der Waals surface area contributed by atoms with E-state index in [1.165, 1.54) is 44.6 Å². The molecule has 3 rings (SSSR count). The lowest BCUT2D eigenvalue weighted by Gasteiger charge is -2.37. The highest BCUT2D eigenvalue weighted by molar-refractivity contribution is 5.85. The maximum atomic E-state index is 10.6. The van der Waals surface area contributed by atoms with Crippen molar-refractivity contribution in [3.63, 3.8) is 0 Å². The largest absolute Gasteiger partial charge is 0.480 e. The van der Waals surface area contributed by atoms with Crippen LogP contribution in [0.2, 0.25) is 0 Å². The van der Waals surface area contributed by atoms with E-state index in [1.54, 1.807) is 0 Å². The zero-order chi connectivity index (χ0) is 17.5. The monoisotopic (exact) mass is 418 g/mol. The van der Waals surface area contributed by atoms with E-state index in [1.807, 2.05) is 12.1 Å². The Labute approximate surface area is 174 Å². The van der Waals surface area contributed by atoms with Crippen LogP contribution in [0.4, 0.5) is 11.4 Å². The van der Waals surface area contributed by atoms with Crippen LogP contribution in [-0.4, -0.2) is 68.3 Å². The van der Waals surface area contributed by atoms with Gasteiger partial charge in [0.25, 0.3) is 0 Å². The zero-order valence-electron chi connectivity index (χ0n) is 15.7. The average molecular weight is 419 g/mol. The second-order valence-electron chi connectivity index (χ2n) is 7.10. The summed E-state index contributed by atoms with van der Waals surface area (Å²) in [6.45, 7) is 7.95. The fourth-order valence-corrected chi connectivity index (χ4v) is 3.73. The number of hydrogen-bond acceptors (Lipinski definition) is 5. The van der Waals surface area contributed by atoms with Crippen LogP contribution in [0.1, 0.15) is 19.3 Å². The van der Waals surface area contributed by atoms with Crippen molar-refractivity contribution in [2.24, 2.45) is 5.92 Å². The summed E-state index contributed by atoms with van der Waals surface area (Å²) >= 11 is 0. The van der Waals surface area contributed by atoms with E-state index in [2.05, 4.69) is 32.6 Å². The molecule has 0 unspecified atom stereocenters. The number of piperidine rings is 1. The number of rotatable bonds is 7. The normalized spacial score (nSPS) is 18.3. The molecule has 2 fully saturated rings. The van der Waals surface area contributed by atoms with Crippen molar-refractivity contribution in [1.29, 1.82) is 0 Å². The van der Waals surface area contributed by atoms with Gasteiger partial charge in [0.15, 0.2) is 0 Å². The number of nitrogens with one attached hydrogen (secondary N) is 2. The molecule has 6 nitrogen and oxygen atoms in total. The number of carboxylic acids is 1. The number of piperazine rings is 1. The Morgan fingerprint density at radius 2 is 1.70 bits per heavy atom. The molecule has 1 aromatic carbocycles. The molecule has 0 spiro atoms. The molecule has 3 N–H and O–H groups in total. The molecule has 0 atom stereocenters. The van der Waals surface area contributed by atoms with Gasteiger partial charge in [0.2, 0.25) is 0 Å². The van der Waals surface area contributed by atoms with Crippen LogP contribution < -0.4 is 15.5 Å². The Morgan fingerprint density at radius 3 is 2.30 bits per heavy atom. The van der Waals surface area contributed by atoms with Crippen LogP contribution in [0, 0.1) is 5.92 Å². The van der Waals surface area contributed by atoms with E-state index in [9.17, 15) is 4.79 Å². The van der Waals surface area contributed by atoms with Crippen LogP contribution in [0.5, 0.6) is 0 Å². The topological polar surface area (TPSA) is 67.8 Å². The van der Waals surface area contributed by atoms with E-state index in [0.29, 0.717) is 0 Å². The summed E-state index contributed by atoms with van der Waals surface area (Å²) in [7, 11) is 0. The van der Waals surface area contributed by atoms with Crippen molar-refractivity contribution in [2.45, 2.75) is 19.3 Å². The summed E-state index contributed by atoms with van der Waals surface area (Å²) in [4.78, 5) is 15.6. The predicted molar refractivity (Wildman–Crippen MR) is 116 cm³/mol. The molecule has 154 valence electrons. The summed E-state index contributed by atoms with van der Waals surface area (Å²) < 4.78 is 0. The van der Waals surface area contributed by atoms with Crippen LogP contribution in [-0.2, 0) is 4.79 Å². The molecular formula is C19H32Cl2N4O2. The van der Waals surface area contributed by atoms with Gasteiger partial charge in [0.1, 0.15) is 6.54 Å². The van der Waals surface area contributed by atoms with Crippen LogP contribution >= 0.6 is 24.8 Å². The number of carbonyl (C=O) groups is 1. The van der Waals surface area contributed by atoms with Gasteiger partial charge in [-0.25, -0.2) is 0 Å². The van der Waals surface area contributed by atoms with E-state index in [4.69, 9.17) is 5.11 Å². The van der Waals surface area contributed by atoms with Crippen molar-refractivity contribution >= 4 is 42.2 Å². The molecule has 0 aromatic heterocycles. The highest BCUT2D eigenvalue weighted by Gasteiger charge is 2.19. The van der Waals surface area contributed by atoms with Crippen molar-refractivity contribution in [1.82, 2.24) is 10.2 Å². The Balaban J connectivity index is 0.00000182. The summed E-state index contributed by atoms with van der Waals surface area (Å²) in [5, 5.41) is 15.0. The number of halogens is 2. The van der Waals surface area contributed by atoms with E-state index < -0.39 is 5.97 Å². The molecule has 0 saturated carbocycles. The van der Waals surface area contributed by atoms with Gasteiger partial charge >= 0.3 is 5.97 Å². The fraction of sp³-hybridized carbons (Fsp3) is 0.632. The quantitative estimate of drug-likeness (QED) is 0.631. The van der Waals surface area contributed by atoms with Crippen molar-refractivity contribution in [2.75, 3.05) is 62.6 Å². The number of carboxylic acid groups (broad SMARTS) is 1. The number of nitrogens with zero attached hydrogens (tertiary/aromatic N) is 2. The van der Waals surface area contributed by atoms with Gasteiger partial charge < -0.3 is 20.6 Å². The van der Waals surface area contributed by atoms with Crippen molar-refractivity contribution in [3.05, 3.63) is 24.3 Å². The van der Waals surface area contributed by atoms with Crippen LogP contribution in [0.25, 0.3) is 0 Å². The summed E-state index contributed by atoms with van der Waals surface area (Å²) in [5.41, 5.74) is 2.07. The first-order valence-electron chi connectivity index (χ1n) is 9.44. The Hall–Kier alpha value is -1.21. The lowest BCUT2D eigenvalue weighted by atomic mass is 9.94. The first kappa shape index (κ1) is 23.8. The fourth-order valence-electron chi connectivity index (χ4n) is 3.73. The second-order valence-corrected chi connectivity index (χ2v) is 7.10. The highest BCUT2D eigenvalue weighted by atomic mass is 35.5. The highest BCUT2D eigenvalue weighted by Crippen LogP contribution is 2.21.